The fraction of sp³-hybridized carbons (Fsp3) is 0.333. The minimum absolute atomic E-state index is 0.419. The third-order valence-electron chi connectivity index (χ3n) is 3.12. The third-order valence-corrected chi connectivity index (χ3v) is 4.31. The highest BCUT2D eigenvalue weighted by molar-refractivity contribution is 7.09. The zero-order valence-electron chi connectivity index (χ0n) is 10.5. The first-order chi connectivity index (χ1) is 8.79. The molecule has 1 nitrogen and oxygen atoms in total. The predicted molar refractivity (Wildman–Crippen MR) is 80.5 cm³/mol. The highest BCUT2D eigenvalue weighted by Gasteiger charge is 2.08. The van der Waals surface area contributed by atoms with E-state index in [4.69, 9.17) is 11.6 Å². The molecule has 1 heterocycles. The molecular weight excluding hydrogens is 262 g/mol. The first kappa shape index (κ1) is 13.6. The van der Waals surface area contributed by atoms with Crippen LogP contribution in [0, 0.1) is 0 Å². The van der Waals surface area contributed by atoms with E-state index >= 15 is 0 Å². The molecule has 1 unspecified atom stereocenters. The standard InChI is InChI=1S/C15H18ClNS/c1-17-15(12-7-9-13(16)10-8-12)6-2-4-14-5-3-11-18-14/h3,5,7-11,15,17H,2,4,6H2,1H3. The third kappa shape index (κ3) is 3.84. The number of nitrogens with one attached hydrogen (secondary N) is 1. The average molecular weight is 280 g/mol. The van der Waals surface area contributed by atoms with Crippen LogP contribution < -0.4 is 5.32 Å². The monoisotopic (exact) mass is 279 g/mol. The van der Waals surface area contributed by atoms with E-state index in [1.54, 1.807) is 0 Å². The Balaban J connectivity index is 1.87. The summed E-state index contributed by atoms with van der Waals surface area (Å²) in [5.41, 5.74) is 1.31. The Morgan fingerprint density at radius 1 is 1.22 bits per heavy atom. The lowest BCUT2D eigenvalue weighted by molar-refractivity contribution is 0.528. The molecule has 2 rings (SSSR count). The smallest absolute Gasteiger partial charge is 0.0406 e. The molecule has 96 valence electrons. The first-order valence-electron chi connectivity index (χ1n) is 6.24. The number of hydrogen-bond donors (Lipinski definition) is 1. The molecule has 0 amide bonds. The summed E-state index contributed by atoms with van der Waals surface area (Å²) in [6.07, 6.45) is 3.52. The number of benzene rings is 1. The molecule has 18 heavy (non-hydrogen) atoms. The van der Waals surface area contributed by atoms with Crippen LogP contribution in [-0.2, 0) is 6.42 Å². The molecule has 1 aromatic carbocycles. The summed E-state index contributed by atoms with van der Waals surface area (Å²) in [4.78, 5) is 1.47. The van der Waals surface area contributed by atoms with Crippen molar-refractivity contribution in [3.8, 4) is 0 Å². The van der Waals surface area contributed by atoms with E-state index in [1.807, 2.05) is 30.5 Å². The van der Waals surface area contributed by atoms with E-state index in [1.165, 1.54) is 23.3 Å². The zero-order chi connectivity index (χ0) is 12.8. The van der Waals surface area contributed by atoms with Crippen LogP contribution in [0.4, 0.5) is 0 Å². The van der Waals surface area contributed by atoms with Crippen molar-refractivity contribution in [3.63, 3.8) is 0 Å². The summed E-state index contributed by atoms with van der Waals surface area (Å²) < 4.78 is 0. The topological polar surface area (TPSA) is 12.0 Å². The van der Waals surface area contributed by atoms with E-state index in [2.05, 4.69) is 35.0 Å². The van der Waals surface area contributed by atoms with E-state index in [0.717, 1.165) is 11.4 Å². The van der Waals surface area contributed by atoms with Gasteiger partial charge in [-0.3, -0.25) is 0 Å². The Labute approximate surface area is 118 Å². The summed E-state index contributed by atoms with van der Waals surface area (Å²) in [5.74, 6) is 0. The van der Waals surface area contributed by atoms with Crippen LogP contribution in [0.2, 0.25) is 5.02 Å². The van der Waals surface area contributed by atoms with Crippen molar-refractivity contribution in [1.29, 1.82) is 0 Å². The molecular formula is C15H18ClNS. The maximum Gasteiger partial charge on any atom is 0.0406 e. The number of hydrogen-bond acceptors (Lipinski definition) is 2. The number of thiophene rings is 1. The van der Waals surface area contributed by atoms with Crippen molar-refractivity contribution in [2.75, 3.05) is 7.05 Å². The van der Waals surface area contributed by atoms with Gasteiger partial charge in [0.25, 0.3) is 0 Å². The van der Waals surface area contributed by atoms with Crippen molar-refractivity contribution in [2.45, 2.75) is 25.3 Å². The van der Waals surface area contributed by atoms with Crippen LogP contribution in [0.5, 0.6) is 0 Å². The van der Waals surface area contributed by atoms with Gasteiger partial charge in [-0.15, -0.1) is 11.3 Å². The maximum absolute atomic E-state index is 5.91. The first-order valence-corrected chi connectivity index (χ1v) is 7.50. The van der Waals surface area contributed by atoms with Crippen LogP contribution in [-0.4, -0.2) is 7.05 Å². The average Bonchev–Trinajstić information content (AvgIpc) is 2.89. The molecule has 0 spiro atoms. The Morgan fingerprint density at radius 2 is 2.00 bits per heavy atom. The van der Waals surface area contributed by atoms with Gasteiger partial charge in [-0.05, 0) is 55.5 Å². The van der Waals surface area contributed by atoms with Gasteiger partial charge in [-0.25, -0.2) is 0 Å². The van der Waals surface area contributed by atoms with Gasteiger partial charge in [0, 0.05) is 15.9 Å². The van der Waals surface area contributed by atoms with E-state index in [9.17, 15) is 0 Å². The molecule has 0 radical (unpaired) electrons. The molecule has 3 heteroatoms. The van der Waals surface area contributed by atoms with Gasteiger partial charge >= 0.3 is 0 Å². The van der Waals surface area contributed by atoms with Crippen LogP contribution in [0.1, 0.15) is 29.3 Å². The SMILES string of the molecule is CNC(CCCc1cccs1)c1ccc(Cl)cc1. The molecule has 1 aromatic heterocycles. The van der Waals surface area contributed by atoms with Crippen LogP contribution >= 0.6 is 22.9 Å². The molecule has 2 aromatic rings. The Bertz CT molecular complexity index is 450. The van der Waals surface area contributed by atoms with Gasteiger partial charge in [0.15, 0.2) is 0 Å². The number of aryl methyl sites for hydroxylation is 1. The van der Waals surface area contributed by atoms with Crippen molar-refractivity contribution < 1.29 is 0 Å². The molecule has 0 saturated heterocycles. The fourth-order valence-corrected chi connectivity index (χ4v) is 2.99. The lowest BCUT2D eigenvalue weighted by atomic mass is 10.0. The van der Waals surface area contributed by atoms with Gasteiger partial charge in [0.1, 0.15) is 0 Å². The summed E-state index contributed by atoms with van der Waals surface area (Å²) in [6, 6.07) is 12.9. The van der Waals surface area contributed by atoms with Gasteiger partial charge in [-0.1, -0.05) is 29.8 Å². The fourth-order valence-electron chi connectivity index (χ4n) is 2.11. The number of rotatable bonds is 6. The zero-order valence-corrected chi connectivity index (χ0v) is 12.1. The molecule has 0 bridgehead atoms. The second kappa shape index (κ2) is 6.93. The van der Waals surface area contributed by atoms with Crippen LogP contribution in [0.15, 0.2) is 41.8 Å². The molecule has 0 aliphatic carbocycles. The largest absolute Gasteiger partial charge is 0.313 e. The van der Waals surface area contributed by atoms with Crippen molar-refractivity contribution >= 4 is 22.9 Å². The van der Waals surface area contributed by atoms with E-state index in [-0.39, 0.29) is 0 Å². The van der Waals surface area contributed by atoms with Gasteiger partial charge < -0.3 is 5.32 Å². The molecule has 1 atom stereocenters. The second-order valence-corrected chi connectivity index (χ2v) is 5.83. The number of halogens is 1. The highest BCUT2D eigenvalue weighted by Crippen LogP contribution is 2.22. The van der Waals surface area contributed by atoms with E-state index in [0.29, 0.717) is 6.04 Å². The van der Waals surface area contributed by atoms with Crippen LogP contribution in [0.25, 0.3) is 0 Å². The lowest BCUT2D eigenvalue weighted by Gasteiger charge is -2.16. The molecule has 0 aliphatic rings. The molecule has 1 N–H and O–H groups in total. The van der Waals surface area contributed by atoms with Crippen molar-refractivity contribution in [2.24, 2.45) is 0 Å². The lowest BCUT2D eigenvalue weighted by Crippen LogP contribution is -2.16. The van der Waals surface area contributed by atoms with Crippen molar-refractivity contribution in [3.05, 3.63) is 57.2 Å². The quantitative estimate of drug-likeness (QED) is 0.809. The second-order valence-electron chi connectivity index (χ2n) is 4.36. The summed E-state index contributed by atoms with van der Waals surface area (Å²) in [5, 5.41) is 6.32. The summed E-state index contributed by atoms with van der Waals surface area (Å²) in [7, 11) is 2.02. The van der Waals surface area contributed by atoms with E-state index < -0.39 is 0 Å². The Hall–Kier alpha value is -0.830. The Kier molecular flexibility index (Phi) is 5.24. The maximum atomic E-state index is 5.91. The van der Waals surface area contributed by atoms with Gasteiger partial charge in [0.2, 0.25) is 0 Å². The predicted octanol–water partition coefficient (Wildman–Crippen LogP) is 4.68. The summed E-state index contributed by atoms with van der Waals surface area (Å²) >= 11 is 7.75. The van der Waals surface area contributed by atoms with Crippen molar-refractivity contribution in [1.82, 2.24) is 5.32 Å². The molecule has 0 aliphatic heterocycles. The minimum Gasteiger partial charge on any atom is -0.313 e. The van der Waals surface area contributed by atoms with Gasteiger partial charge in [0.05, 0.1) is 0 Å². The normalized spacial score (nSPS) is 12.6. The molecule has 0 fully saturated rings. The Morgan fingerprint density at radius 3 is 2.61 bits per heavy atom. The molecule has 0 saturated carbocycles. The minimum atomic E-state index is 0.419. The van der Waals surface area contributed by atoms with Gasteiger partial charge in [-0.2, -0.15) is 0 Å². The summed E-state index contributed by atoms with van der Waals surface area (Å²) in [6.45, 7) is 0. The highest BCUT2D eigenvalue weighted by atomic mass is 35.5. The van der Waals surface area contributed by atoms with Crippen LogP contribution in [0.3, 0.4) is 0 Å².